The molecule has 2 aromatic rings. The smallest absolute Gasteiger partial charge is 0.323 e. The van der Waals surface area contributed by atoms with Crippen molar-refractivity contribution in [1.82, 2.24) is 15.0 Å². The lowest BCUT2D eigenvalue weighted by molar-refractivity contribution is 0.312. The summed E-state index contributed by atoms with van der Waals surface area (Å²) >= 11 is 0. The fraction of sp³-hybridized carbons (Fsp3) is 0.357. The van der Waals surface area contributed by atoms with Gasteiger partial charge in [-0.15, -0.1) is 0 Å². The van der Waals surface area contributed by atoms with Gasteiger partial charge in [-0.1, -0.05) is 29.8 Å². The molecule has 2 rings (SSSR count). The molecule has 0 spiro atoms. The number of aryl methyl sites for hydroxylation is 1. The van der Waals surface area contributed by atoms with Gasteiger partial charge in [0.05, 0.1) is 6.61 Å². The molecule has 3 N–H and O–H groups in total. The fourth-order valence-electron chi connectivity index (χ4n) is 1.93. The first-order valence-corrected chi connectivity index (χ1v) is 6.74. The number of rotatable bonds is 6. The van der Waals surface area contributed by atoms with Crippen LogP contribution in [0.5, 0.6) is 6.01 Å². The van der Waals surface area contributed by atoms with Gasteiger partial charge in [-0.25, -0.2) is 5.84 Å². The predicted molar refractivity (Wildman–Crippen MR) is 82.1 cm³/mol. The second-order valence-electron chi connectivity index (χ2n) is 4.66. The molecule has 7 nitrogen and oxygen atoms in total. The van der Waals surface area contributed by atoms with Crippen LogP contribution in [0.1, 0.15) is 18.1 Å². The lowest BCUT2D eigenvalue weighted by Crippen LogP contribution is -2.21. The van der Waals surface area contributed by atoms with Crippen molar-refractivity contribution >= 4 is 11.9 Å². The minimum atomic E-state index is 0.256. The Morgan fingerprint density at radius 2 is 2.10 bits per heavy atom. The first-order valence-electron chi connectivity index (χ1n) is 6.74. The summed E-state index contributed by atoms with van der Waals surface area (Å²) in [6, 6.07) is 8.55. The van der Waals surface area contributed by atoms with E-state index in [-0.39, 0.29) is 12.0 Å². The third kappa shape index (κ3) is 4.03. The third-order valence-corrected chi connectivity index (χ3v) is 2.85. The molecule has 0 aliphatic carbocycles. The Hall–Kier alpha value is -2.41. The summed E-state index contributed by atoms with van der Waals surface area (Å²) < 4.78 is 5.32. The van der Waals surface area contributed by atoms with Crippen LogP contribution in [0.4, 0.5) is 11.9 Å². The average Bonchev–Trinajstić information content (AvgIpc) is 2.47. The van der Waals surface area contributed by atoms with E-state index in [2.05, 4.69) is 45.5 Å². The van der Waals surface area contributed by atoms with Gasteiger partial charge < -0.3 is 9.64 Å². The summed E-state index contributed by atoms with van der Waals surface area (Å²) in [5, 5.41) is 0. The summed E-state index contributed by atoms with van der Waals surface area (Å²) in [5.74, 6) is 6.16. The molecule has 0 saturated carbocycles. The van der Waals surface area contributed by atoms with Gasteiger partial charge in [0, 0.05) is 13.6 Å². The van der Waals surface area contributed by atoms with E-state index in [1.165, 1.54) is 11.1 Å². The number of nitrogens with two attached hydrogens (primary N) is 1. The van der Waals surface area contributed by atoms with Gasteiger partial charge in [0.15, 0.2) is 0 Å². The number of nitrogens with zero attached hydrogens (tertiary/aromatic N) is 4. The monoisotopic (exact) mass is 288 g/mol. The van der Waals surface area contributed by atoms with Crippen LogP contribution in [-0.4, -0.2) is 28.6 Å². The number of anilines is 2. The van der Waals surface area contributed by atoms with Gasteiger partial charge in [-0.05, 0) is 19.4 Å². The minimum absolute atomic E-state index is 0.256. The molecule has 0 atom stereocenters. The van der Waals surface area contributed by atoms with E-state index in [1.807, 2.05) is 24.9 Å². The lowest BCUT2D eigenvalue weighted by Gasteiger charge is -2.18. The predicted octanol–water partition coefficient (Wildman–Crippen LogP) is 1.50. The molecule has 21 heavy (non-hydrogen) atoms. The van der Waals surface area contributed by atoms with E-state index in [4.69, 9.17) is 10.6 Å². The third-order valence-electron chi connectivity index (χ3n) is 2.85. The van der Waals surface area contributed by atoms with E-state index in [0.29, 0.717) is 19.1 Å². The van der Waals surface area contributed by atoms with Crippen LogP contribution in [0, 0.1) is 6.92 Å². The molecule has 1 heterocycles. The molecule has 0 unspecified atom stereocenters. The summed E-state index contributed by atoms with van der Waals surface area (Å²) in [4.78, 5) is 14.5. The van der Waals surface area contributed by atoms with Gasteiger partial charge in [-0.3, -0.25) is 5.43 Å². The number of ether oxygens (including phenoxy) is 1. The largest absolute Gasteiger partial charge is 0.464 e. The summed E-state index contributed by atoms with van der Waals surface area (Å²) in [6.45, 7) is 5.10. The molecule has 0 fully saturated rings. The molecule has 1 aromatic carbocycles. The maximum atomic E-state index is 5.38. The normalized spacial score (nSPS) is 10.3. The number of nitrogens with one attached hydrogen (secondary N) is 1. The quantitative estimate of drug-likeness (QED) is 0.615. The highest BCUT2D eigenvalue weighted by Crippen LogP contribution is 2.16. The zero-order valence-corrected chi connectivity index (χ0v) is 12.5. The number of hydrogen-bond donors (Lipinski definition) is 2. The highest BCUT2D eigenvalue weighted by molar-refractivity contribution is 5.38. The first-order chi connectivity index (χ1) is 10.1. The molecular weight excluding hydrogens is 268 g/mol. The van der Waals surface area contributed by atoms with E-state index >= 15 is 0 Å². The molecule has 7 heteroatoms. The summed E-state index contributed by atoms with van der Waals surface area (Å²) in [5.41, 5.74) is 4.82. The Bertz CT molecular complexity index is 604. The van der Waals surface area contributed by atoms with E-state index in [0.717, 1.165) is 0 Å². The Balaban J connectivity index is 2.21. The highest BCUT2D eigenvalue weighted by atomic mass is 16.5. The lowest BCUT2D eigenvalue weighted by atomic mass is 10.1. The number of nitrogen functional groups attached to an aromatic ring is 1. The molecule has 112 valence electrons. The Labute approximate surface area is 124 Å². The van der Waals surface area contributed by atoms with Crippen LogP contribution in [-0.2, 0) is 6.54 Å². The standard InChI is InChI=1S/C14H20N6O/c1-4-21-14-17-12(19-15)16-13(18-14)20(3)9-11-7-5-6-10(2)8-11/h5-8H,4,9,15H2,1-3H3,(H,16,17,18,19). The molecule has 1 aromatic heterocycles. The molecular formula is C14H20N6O. The molecule has 0 aliphatic heterocycles. The molecule has 0 saturated heterocycles. The number of hydrazine groups is 1. The van der Waals surface area contributed by atoms with Crippen molar-refractivity contribution in [2.24, 2.45) is 5.84 Å². The van der Waals surface area contributed by atoms with Crippen molar-refractivity contribution in [3.8, 4) is 6.01 Å². The zero-order valence-electron chi connectivity index (χ0n) is 12.5. The van der Waals surface area contributed by atoms with Gasteiger partial charge in [0.25, 0.3) is 0 Å². The Kier molecular flexibility index (Phi) is 4.89. The van der Waals surface area contributed by atoms with E-state index in [9.17, 15) is 0 Å². The van der Waals surface area contributed by atoms with Crippen molar-refractivity contribution in [2.45, 2.75) is 20.4 Å². The second kappa shape index (κ2) is 6.85. The molecule has 0 bridgehead atoms. The zero-order chi connectivity index (χ0) is 15.2. The van der Waals surface area contributed by atoms with E-state index < -0.39 is 0 Å². The van der Waals surface area contributed by atoms with Crippen molar-refractivity contribution < 1.29 is 4.74 Å². The maximum Gasteiger partial charge on any atom is 0.323 e. The molecule has 0 aliphatic rings. The van der Waals surface area contributed by atoms with Gasteiger partial charge in [0.1, 0.15) is 0 Å². The highest BCUT2D eigenvalue weighted by Gasteiger charge is 2.11. The molecule has 0 radical (unpaired) electrons. The Morgan fingerprint density at radius 3 is 2.76 bits per heavy atom. The van der Waals surface area contributed by atoms with Crippen LogP contribution >= 0.6 is 0 Å². The van der Waals surface area contributed by atoms with Gasteiger partial charge in [-0.2, -0.15) is 15.0 Å². The van der Waals surface area contributed by atoms with Crippen molar-refractivity contribution in [2.75, 3.05) is 24.0 Å². The van der Waals surface area contributed by atoms with Crippen LogP contribution < -0.4 is 20.9 Å². The summed E-state index contributed by atoms with van der Waals surface area (Å²) in [6.07, 6.45) is 0. The van der Waals surface area contributed by atoms with Gasteiger partial charge in [0.2, 0.25) is 11.9 Å². The fourth-order valence-corrected chi connectivity index (χ4v) is 1.93. The Morgan fingerprint density at radius 1 is 1.29 bits per heavy atom. The van der Waals surface area contributed by atoms with Crippen LogP contribution in [0.2, 0.25) is 0 Å². The topological polar surface area (TPSA) is 89.2 Å². The minimum Gasteiger partial charge on any atom is -0.464 e. The number of benzene rings is 1. The van der Waals surface area contributed by atoms with E-state index in [1.54, 1.807) is 0 Å². The SMILES string of the molecule is CCOc1nc(NN)nc(N(C)Cc2cccc(C)c2)n1. The van der Waals surface area contributed by atoms with Crippen LogP contribution in [0.3, 0.4) is 0 Å². The average molecular weight is 288 g/mol. The van der Waals surface area contributed by atoms with Crippen molar-refractivity contribution in [3.05, 3.63) is 35.4 Å². The second-order valence-corrected chi connectivity index (χ2v) is 4.66. The van der Waals surface area contributed by atoms with Crippen molar-refractivity contribution in [3.63, 3.8) is 0 Å². The number of aromatic nitrogens is 3. The molecule has 0 amide bonds. The maximum absolute atomic E-state index is 5.38. The van der Waals surface area contributed by atoms with Gasteiger partial charge >= 0.3 is 6.01 Å². The first kappa shape index (κ1) is 15.0. The number of hydrogen-bond acceptors (Lipinski definition) is 7. The summed E-state index contributed by atoms with van der Waals surface area (Å²) in [7, 11) is 1.91. The van der Waals surface area contributed by atoms with Crippen molar-refractivity contribution in [1.29, 1.82) is 0 Å². The van der Waals surface area contributed by atoms with Crippen LogP contribution in [0.25, 0.3) is 0 Å². The van der Waals surface area contributed by atoms with Crippen LogP contribution in [0.15, 0.2) is 24.3 Å².